The molecular formula is C18H25N3O4. The highest BCUT2D eigenvalue weighted by Crippen LogP contribution is 2.33. The Balaban J connectivity index is 1.62. The molecule has 0 saturated carbocycles. The van der Waals surface area contributed by atoms with Crippen LogP contribution in [0.3, 0.4) is 0 Å². The topological polar surface area (TPSA) is 71.1 Å². The molecule has 0 bridgehead atoms. The Morgan fingerprint density at radius 1 is 1.44 bits per heavy atom. The molecule has 0 radical (unpaired) electrons. The number of carbonyl (C=O) groups is 2. The first-order valence-electron chi connectivity index (χ1n) is 8.79. The largest absolute Gasteiger partial charge is 0.481 e. The van der Waals surface area contributed by atoms with E-state index < -0.39 is 0 Å². The lowest BCUT2D eigenvalue weighted by Crippen LogP contribution is -2.45. The number of carbonyl (C=O) groups excluding carboxylic acids is 2. The zero-order valence-corrected chi connectivity index (χ0v) is 14.8. The molecule has 3 amide bonds. The molecule has 1 atom stereocenters. The molecule has 2 aliphatic rings. The van der Waals surface area contributed by atoms with Crippen LogP contribution in [0, 0.1) is 0 Å². The summed E-state index contributed by atoms with van der Waals surface area (Å²) in [6.07, 6.45) is 3.04. The van der Waals surface area contributed by atoms with Crippen LogP contribution in [-0.4, -0.2) is 56.3 Å². The summed E-state index contributed by atoms with van der Waals surface area (Å²) in [5.41, 5.74) is 1.36. The fourth-order valence-corrected chi connectivity index (χ4v) is 3.10. The highest BCUT2D eigenvalue weighted by atomic mass is 16.5. The Morgan fingerprint density at radius 2 is 2.28 bits per heavy atom. The molecule has 1 saturated heterocycles. The van der Waals surface area contributed by atoms with Gasteiger partial charge in [0.05, 0.1) is 11.8 Å². The van der Waals surface area contributed by atoms with Gasteiger partial charge in [-0.25, -0.2) is 4.79 Å². The van der Waals surface area contributed by atoms with E-state index in [1.165, 1.54) is 0 Å². The van der Waals surface area contributed by atoms with Crippen molar-refractivity contribution in [1.29, 1.82) is 0 Å². The number of likely N-dealkylation sites (tertiary alicyclic amines) is 1. The van der Waals surface area contributed by atoms with Gasteiger partial charge < -0.3 is 24.6 Å². The molecule has 2 aliphatic heterocycles. The number of benzene rings is 1. The van der Waals surface area contributed by atoms with Crippen molar-refractivity contribution in [3.63, 3.8) is 0 Å². The maximum absolute atomic E-state index is 12.5. The highest BCUT2D eigenvalue weighted by Gasteiger charge is 2.25. The second-order valence-electron chi connectivity index (χ2n) is 6.44. The number of likely N-dealkylation sites (N-methyl/N-ethyl adjacent to an activating group) is 1. The second kappa shape index (κ2) is 7.74. The number of urea groups is 1. The van der Waals surface area contributed by atoms with Crippen molar-refractivity contribution in [3.05, 3.63) is 18.2 Å². The molecule has 7 nitrogen and oxygen atoms in total. The predicted octanol–water partition coefficient (Wildman–Crippen LogP) is 2.46. The zero-order valence-electron chi connectivity index (χ0n) is 14.8. The molecule has 1 N–H and O–H groups in total. The Labute approximate surface area is 147 Å². The van der Waals surface area contributed by atoms with E-state index in [0.717, 1.165) is 32.4 Å². The third-order valence-electron chi connectivity index (χ3n) is 4.52. The highest BCUT2D eigenvalue weighted by molar-refractivity contribution is 5.98. The van der Waals surface area contributed by atoms with Gasteiger partial charge in [0, 0.05) is 38.5 Å². The smallest absolute Gasteiger partial charge is 0.321 e. The van der Waals surface area contributed by atoms with Crippen LogP contribution in [0.25, 0.3) is 0 Å². The van der Waals surface area contributed by atoms with Gasteiger partial charge in [-0.1, -0.05) is 6.92 Å². The summed E-state index contributed by atoms with van der Waals surface area (Å²) in [5.74, 6) is 0.512. The zero-order chi connectivity index (χ0) is 17.8. The quantitative estimate of drug-likeness (QED) is 0.908. The number of nitrogens with one attached hydrogen (secondary N) is 1. The number of amides is 3. The molecular weight excluding hydrogens is 322 g/mol. The summed E-state index contributed by atoms with van der Waals surface area (Å²) < 4.78 is 11.2. The molecule has 1 aromatic carbocycles. The first-order valence-corrected chi connectivity index (χ1v) is 8.79. The summed E-state index contributed by atoms with van der Waals surface area (Å²) in [5, 5.41) is 2.91. The van der Waals surface area contributed by atoms with Gasteiger partial charge in [-0.05, 0) is 31.4 Å². The molecule has 0 aliphatic carbocycles. The fraction of sp³-hybridized carbons (Fsp3) is 0.556. The summed E-state index contributed by atoms with van der Waals surface area (Å²) in [4.78, 5) is 27.5. The Hall–Kier alpha value is -2.28. The van der Waals surface area contributed by atoms with Crippen molar-refractivity contribution < 1.29 is 19.1 Å². The normalized spacial score (nSPS) is 20.1. The van der Waals surface area contributed by atoms with E-state index in [4.69, 9.17) is 9.47 Å². The van der Waals surface area contributed by atoms with Crippen molar-refractivity contribution in [3.8, 4) is 5.75 Å². The van der Waals surface area contributed by atoms with E-state index in [9.17, 15) is 9.59 Å². The van der Waals surface area contributed by atoms with Crippen molar-refractivity contribution in [2.24, 2.45) is 0 Å². The molecule has 3 rings (SSSR count). The van der Waals surface area contributed by atoms with E-state index in [0.29, 0.717) is 23.7 Å². The van der Waals surface area contributed by atoms with Gasteiger partial charge in [-0.3, -0.25) is 4.79 Å². The van der Waals surface area contributed by atoms with E-state index in [-0.39, 0.29) is 24.6 Å². The van der Waals surface area contributed by atoms with E-state index in [1.54, 1.807) is 35.0 Å². The van der Waals surface area contributed by atoms with Gasteiger partial charge in [0.15, 0.2) is 6.61 Å². The van der Waals surface area contributed by atoms with Crippen molar-refractivity contribution in [1.82, 2.24) is 4.90 Å². The van der Waals surface area contributed by atoms with Crippen molar-refractivity contribution in [2.75, 3.05) is 43.6 Å². The lowest BCUT2D eigenvalue weighted by Gasteiger charge is -2.32. The average molecular weight is 347 g/mol. The maximum atomic E-state index is 12.5. The molecule has 7 heteroatoms. The average Bonchev–Trinajstić information content (AvgIpc) is 2.63. The number of piperidine rings is 1. The van der Waals surface area contributed by atoms with Crippen LogP contribution in [-0.2, 0) is 9.53 Å². The predicted molar refractivity (Wildman–Crippen MR) is 95.2 cm³/mol. The lowest BCUT2D eigenvalue weighted by molar-refractivity contribution is -0.120. The fourth-order valence-electron chi connectivity index (χ4n) is 3.10. The van der Waals surface area contributed by atoms with Crippen LogP contribution in [0.4, 0.5) is 16.2 Å². The van der Waals surface area contributed by atoms with Crippen LogP contribution in [0.5, 0.6) is 5.75 Å². The van der Waals surface area contributed by atoms with Gasteiger partial charge in [-0.15, -0.1) is 0 Å². The molecule has 0 spiro atoms. The first-order chi connectivity index (χ1) is 12.1. The third-order valence-corrected chi connectivity index (χ3v) is 4.52. The van der Waals surface area contributed by atoms with Crippen LogP contribution in [0.1, 0.15) is 26.2 Å². The number of nitrogens with zero attached hydrogens (tertiary/aromatic N) is 2. The minimum Gasteiger partial charge on any atom is -0.481 e. The minimum absolute atomic E-state index is 0.0173. The number of hydrogen-bond donors (Lipinski definition) is 1. The summed E-state index contributed by atoms with van der Waals surface area (Å²) in [7, 11) is 1.71. The number of rotatable bonds is 4. The molecule has 1 fully saturated rings. The maximum Gasteiger partial charge on any atom is 0.321 e. The molecule has 136 valence electrons. The number of anilines is 2. The monoisotopic (exact) mass is 347 g/mol. The lowest BCUT2D eigenvalue weighted by atomic mass is 10.1. The van der Waals surface area contributed by atoms with Gasteiger partial charge >= 0.3 is 6.03 Å². The molecule has 0 unspecified atom stereocenters. The first kappa shape index (κ1) is 17.5. The van der Waals surface area contributed by atoms with Crippen LogP contribution >= 0.6 is 0 Å². The van der Waals surface area contributed by atoms with Gasteiger partial charge in [-0.2, -0.15) is 0 Å². The standard InChI is InChI=1S/C18H25N3O4/c1-3-9-24-14-5-4-8-21(11-14)18(23)19-13-6-7-15-16(10-13)25-12-17(22)20(15)2/h6-7,10,14H,3-5,8-9,11-12H2,1-2H3,(H,19,23)/t14-/m0/s1. The molecule has 2 heterocycles. The van der Waals surface area contributed by atoms with Crippen molar-refractivity contribution >= 4 is 23.3 Å². The summed E-state index contributed by atoms with van der Waals surface area (Å²) in [6.45, 7) is 4.18. The summed E-state index contributed by atoms with van der Waals surface area (Å²) >= 11 is 0. The van der Waals surface area contributed by atoms with Crippen molar-refractivity contribution in [2.45, 2.75) is 32.3 Å². The minimum atomic E-state index is -0.134. The molecule has 25 heavy (non-hydrogen) atoms. The number of fused-ring (bicyclic) bond motifs is 1. The van der Waals surface area contributed by atoms with Gasteiger partial charge in [0.2, 0.25) is 0 Å². The third kappa shape index (κ3) is 4.04. The Morgan fingerprint density at radius 3 is 3.08 bits per heavy atom. The van der Waals surface area contributed by atoms with E-state index in [2.05, 4.69) is 12.2 Å². The van der Waals surface area contributed by atoms with Gasteiger partial charge in [0.25, 0.3) is 5.91 Å². The number of ether oxygens (including phenoxy) is 2. The van der Waals surface area contributed by atoms with Crippen LogP contribution in [0.2, 0.25) is 0 Å². The van der Waals surface area contributed by atoms with E-state index >= 15 is 0 Å². The van der Waals surface area contributed by atoms with Crippen LogP contribution < -0.4 is 15.0 Å². The molecule has 1 aromatic rings. The van der Waals surface area contributed by atoms with Crippen LogP contribution in [0.15, 0.2) is 18.2 Å². The Kier molecular flexibility index (Phi) is 5.43. The summed E-state index contributed by atoms with van der Waals surface area (Å²) in [6, 6.07) is 5.19. The second-order valence-corrected chi connectivity index (χ2v) is 6.44. The Bertz CT molecular complexity index is 649. The number of hydrogen-bond acceptors (Lipinski definition) is 4. The SMILES string of the molecule is CCCO[C@H]1CCCN(C(=O)Nc2ccc3c(c2)OCC(=O)N3C)C1. The van der Waals surface area contributed by atoms with Gasteiger partial charge in [0.1, 0.15) is 5.75 Å². The molecule has 0 aromatic heterocycles. The van der Waals surface area contributed by atoms with E-state index in [1.807, 2.05) is 0 Å².